The van der Waals surface area contributed by atoms with E-state index in [0.717, 1.165) is 11.6 Å². The third kappa shape index (κ3) is 4.22. The van der Waals surface area contributed by atoms with Gasteiger partial charge < -0.3 is 10.4 Å². The van der Waals surface area contributed by atoms with Crippen LogP contribution in [0.1, 0.15) is 43.7 Å². The first-order valence-electron chi connectivity index (χ1n) is 6.87. The van der Waals surface area contributed by atoms with Crippen LogP contribution in [0.25, 0.3) is 0 Å². The van der Waals surface area contributed by atoms with Crippen molar-refractivity contribution in [1.82, 2.24) is 5.32 Å². The first-order valence-corrected chi connectivity index (χ1v) is 7.25. The van der Waals surface area contributed by atoms with E-state index in [9.17, 15) is 4.79 Å². The summed E-state index contributed by atoms with van der Waals surface area (Å²) in [4.78, 5) is 10.5. The second-order valence-electron chi connectivity index (χ2n) is 5.17. The summed E-state index contributed by atoms with van der Waals surface area (Å²) in [5.74, 6) is -0.0560. The molecular weight excluding hydrogens is 262 g/mol. The van der Waals surface area contributed by atoms with Crippen LogP contribution in [0.5, 0.6) is 0 Å². The first kappa shape index (κ1) is 14.4. The van der Waals surface area contributed by atoms with Crippen LogP contribution < -0.4 is 5.32 Å². The minimum atomic E-state index is -0.728. The molecule has 0 radical (unpaired) electrons. The number of hydrogen-bond donors (Lipinski definition) is 2. The molecule has 1 unspecified atom stereocenters. The Morgan fingerprint density at radius 3 is 2.58 bits per heavy atom. The van der Waals surface area contributed by atoms with Crippen LogP contribution in [0.3, 0.4) is 0 Å². The standard InChI is InChI=1S/C15H20ClNO2/c16-13-8-6-12(7-9-13)15(11-3-1-4-11)17-10-2-5-14(18)19/h6-9,11,15,17H,1-5,10H2,(H,18,19). The predicted octanol–water partition coefficient (Wildman–Crippen LogP) is 3.64. The van der Waals surface area contributed by atoms with Gasteiger partial charge in [-0.2, -0.15) is 0 Å². The Kier molecular flexibility index (Phi) is 5.23. The summed E-state index contributed by atoms with van der Waals surface area (Å²) in [5, 5.41) is 12.9. The summed E-state index contributed by atoms with van der Waals surface area (Å²) in [5.41, 5.74) is 1.25. The molecule has 0 heterocycles. The molecule has 4 heteroatoms. The smallest absolute Gasteiger partial charge is 0.303 e. The number of halogens is 1. The molecule has 1 aromatic rings. The zero-order chi connectivity index (χ0) is 13.7. The Hall–Kier alpha value is -1.06. The lowest BCUT2D eigenvalue weighted by molar-refractivity contribution is -0.137. The van der Waals surface area contributed by atoms with Crippen molar-refractivity contribution < 1.29 is 9.90 Å². The molecule has 104 valence electrons. The quantitative estimate of drug-likeness (QED) is 0.750. The van der Waals surface area contributed by atoms with Crippen LogP contribution in [-0.2, 0) is 4.79 Å². The summed E-state index contributed by atoms with van der Waals surface area (Å²) in [6.07, 6.45) is 4.70. The predicted molar refractivity (Wildman–Crippen MR) is 76.4 cm³/mol. The van der Waals surface area contributed by atoms with Gasteiger partial charge in [-0.3, -0.25) is 4.79 Å². The highest BCUT2D eigenvalue weighted by Gasteiger charge is 2.27. The highest BCUT2D eigenvalue weighted by Crippen LogP contribution is 2.37. The van der Waals surface area contributed by atoms with E-state index in [1.807, 2.05) is 12.1 Å². The second-order valence-corrected chi connectivity index (χ2v) is 5.61. The number of benzene rings is 1. The molecule has 1 aliphatic carbocycles. The van der Waals surface area contributed by atoms with Crippen LogP contribution in [0.2, 0.25) is 5.02 Å². The number of carbonyl (C=O) groups is 1. The van der Waals surface area contributed by atoms with Crippen molar-refractivity contribution in [1.29, 1.82) is 0 Å². The molecule has 0 bridgehead atoms. The maximum atomic E-state index is 10.5. The lowest BCUT2D eigenvalue weighted by atomic mass is 9.77. The fraction of sp³-hybridized carbons (Fsp3) is 0.533. The second kappa shape index (κ2) is 6.92. The normalized spacial score (nSPS) is 16.9. The number of nitrogens with one attached hydrogen (secondary N) is 1. The molecule has 0 amide bonds. The maximum absolute atomic E-state index is 10.5. The molecule has 1 atom stereocenters. The van der Waals surface area contributed by atoms with Gasteiger partial charge in [0.05, 0.1) is 0 Å². The highest BCUT2D eigenvalue weighted by atomic mass is 35.5. The minimum Gasteiger partial charge on any atom is -0.481 e. The summed E-state index contributed by atoms with van der Waals surface area (Å²) >= 11 is 5.92. The average molecular weight is 282 g/mol. The van der Waals surface area contributed by atoms with Gasteiger partial charge in [0.2, 0.25) is 0 Å². The van der Waals surface area contributed by atoms with Crippen molar-refractivity contribution in [3.8, 4) is 0 Å². The van der Waals surface area contributed by atoms with Crippen molar-refractivity contribution in [2.75, 3.05) is 6.54 Å². The highest BCUT2D eigenvalue weighted by molar-refractivity contribution is 6.30. The van der Waals surface area contributed by atoms with Crippen LogP contribution in [0, 0.1) is 5.92 Å². The average Bonchev–Trinajstić information content (AvgIpc) is 2.31. The van der Waals surface area contributed by atoms with Gasteiger partial charge in [0.15, 0.2) is 0 Å². The summed E-state index contributed by atoms with van der Waals surface area (Å²) in [6.45, 7) is 0.746. The molecular formula is C15H20ClNO2. The van der Waals surface area contributed by atoms with Gasteiger partial charge >= 0.3 is 5.97 Å². The minimum absolute atomic E-state index is 0.227. The van der Waals surface area contributed by atoms with Gasteiger partial charge in [-0.1, -0.05) is 30.2 Å². The SMILES string of the molecule is O=C(O)CCCNC(c1ccc(Cl)cc1)C1CCC1. The zero-order valence-electron chi connectivity index (χ0n) is 10.9. The molecule has 1 fully saturated rings. The van der Waals surface area contributed by atoms with Gasteiger partial charge in [-0.25, -0.2) is 0 Å². The van der Waals surface area contributed by atoms with Crippen molar-refractivity contribution in [2.45, 2.75) is 38.1 Å². The molecule has 1 saturated carbocycles. The first-order chi connectivity index (χ1) is 9.16. The van der Waals surface area contributed by atoms with Gasteiger partial charge in [-0.15, -0.1) is 0 Å². The lowest BCUT2D eigenvalue weighted by Crippen LogP contribution is -2.33. The molecule has 19 heavy (non-hydrogen) atoms. The number of carboxylic acids is 1. The van der Waals surface area contributed by atoms with Crippen LogP contribution >= 0.6 is 11.6 Å². The van der Waals surface area contributed by atoms with Gasteiger partial charge in [-0.05, 0) is 49.4 Å². The third-order valence-corrected chi connectivity index (χ3v) is 4.03. The Labute approximate surface area is 119 Å². The largest absolute Gasteiger partial charge is 0.481 e. The van der Waals surface area contributed by atoms with Crippen LogP contribution in [0.4, 0.5) is 0 Å². The topological polar surface area (TPSA) is 49.3 Å². The van der Waals surface area contributed by atoms with E-state index in [0.29, 0.717) is 18.4 Å². The fourth-order valence-corrected chi connectivity index (χ4v) is 2.62. The Bertz CT molecular complexity index is 415. The molecule has 0 saturated heterocycles. The molecule has 1 aliphatic rings. The summed E-state index contributed by atoms with van der Waals surface area (Å²) < 4.78 is 0. The Morgan fingerprint density at radius 1 is 1.37 bits per heavy atom. The fourth-order valence-electron chi connectivity index (χ4n) is 2.50. The lowest BCUT2D eigenvalue weighted by Gasteiger charge is -2.35. The molecule has 2 N–H and O–H groups in total. The molecule has 3 nitrogen and oxygen atoms in total. The Balaban J connectivity index is 1.92. The van der Waals surface area contributed by atoms with E-state index in [1.165, 1.54) is 24.8 Å². The number of rotatable bonds is 7. The molecule has 2 rings (SSSR count). The van der Waals surface area contributed by atoms with E-state index in [-0.39, 0.29) is 6.42 Å². The monoisotopic (exact) mass is 281 g/mol. The van der Waals surface area contributed by atoms with E-state index < -0.39 is 5.97 Å². The summed E-state index contributed by atoms with van der Waals surface area (Å²) in [7, 11) is 0. The number of carboxylic acid groups (broad SMARTS) is 1. The zero-order valence-corrected chi connectivity index (χ0v) is 11.7. The van der Waals surface area contributed by atoms with Crippen molar-refractivity contribution in [3.05, 3.63) is 34.9 Å². The number of hydrogen-bond acceptors (Lipinski definition) is 2. The summed E-state index contributed by atoms with van der Waals surface area (Å²) in [6, 6.07) is 8.30. The van der Waals surface area contributed by atoms with E-state index in [4.69, 9.17) is 16.7 Å². The molecule has 0 aliphatic heterocycles. The van der Waals surface area contributed by atoms with Crippen molar-refractivity contribution >= 4 is 17.6 Å². The van der Waals surface area contributed by atoms with E-state index >= 15 is 0 Å². The van der Waals surface area contributed by atoms with Gasteiger partial charge in [0.25, 0.3) is 0 Å². The van der Waals surface area contributed by atoms with Crippen LogP contribution in [-0.4, -0.2) is 17.6 Å². The number of aliphatic carboxylic acids is 1. The maximum Gasteiger partial charge on any atom is 0.303 e. The molecule has 0 aromatic heterocycles. The van der Waals surface area contributed by atoms with Crippen molar-refractivity contribution in [2.24, 2.45) is 5.92 Å². The van der Waals surface area contributed by atoms with Crippen LogP contribution in [0.15, 0.2) is 24.3 Å². The molecule has 0 spiro atoms. The third-order valence-electron chi connectivity index (χ3n) is 3.78. The van der Waals surface area contributed by atoms with Gasteiger partial charge in [0, 0.05) is 17.5 Å². The van der Waals surface area contributed by atoms with Crippen molar-refractivity contribution in [3.63, 3.8) is 0 Å². The van der Waals surface area contributed by atoms with E-state index in [1.54, 1.807) is 0 Å². The molecule has 1 aromatic carbocycles. The Morgan fingerprint density at radius 2 is 2.05 bits per heavy atom. The van der Waals surface area contributed by atoms with E-state index in [2.05, 4.69) is 17.4 Å². The van der Waals surface area contributed by atoms with Gasteiger partial charge in [0.1, 0.15) is 0 Å².